The Bertz CT molecular complexity index is 883. The van der Waals surface area contributed by atoms with Crippen LogP contribution in [0.1, 0.15) is 28.4 Å². The van der Waals surface area contributed by atoms with Crippen LogP contribution in [-0.4, -0.2) is 20.9 Å². The van der Waals surface area contributed by atoms with E-state index in [4.69, 9.17) is 11.6 Å². The summed E-state index contributed by atoms with van der Waals surface area (Å²) in [5.41, 5.74) is 4.59. The normalized spacial score (nSPS) is 12.1. The fraction of sp³-hybridized carbons (Fsp3) is 0.200. The van der Waals surface area contributed by atoms with Crippen LogP contribution in [0, 0.1) is 13.8 Å². The Kier molecular flexibility index (Phi) is 4.91. The van der Waals surface area contributed by atoms with E-state index in [9.17, 15) is 9.90 Å². The highest BCUT2D eigenvalue weighted by Crippen LogP contribution is 2.24. The number of hydrogen-bond donors (Lipinski definition) is 1. The number of halogens is 1. The standard InChI is InChI=1S/C20H19ClN2O2/c1-13-3-9-18(10-4-13)23-14(2)11-17(22-23)12-19(20(24)25)15-5-7-16(21)8-6-15/h3-11,19H,12H2,1-2H3,(H,24,25). The number of aryl methyl sites for hydroxylation is 2. The third kappa shape index (κ3) is 3.91. The van der Waals surface area contributed by atoms with Crippen LogP contribution in [0.2, 0.25) is 5.02 Å². The van der Waals surface area contributed by atoms with E-state index in [1.807, 2.05) is 48.9 Å². The molecule has 0 saturated heterocycles. The molecule has 1 aromatic heterocycles. The highest BCUT2D eigenvalue weighted by Gasteiger charge is 2.22. The lowest BCUT2D eigenvalue weighted by molar-refractivity contribution is -0.138. The van der Waals surface area contributed by atoms with Gasteiger partial charge in [0.25, 0.3) is 0 Å². The van der Waals surface area contributed by atoms with Crippen molar-refractivity contribution in [3.05, 3.63) is 82.1 Å². The van der Waals surface area contributed by atoms with Gasteiger partial charge in [0.2, 0.25) is 0 Å². The van der Waals surface area contributed by atoms with E-state index in [1.165, 1.54) is 5.56 Å². The van der Waals surface area contributed by atoms with Crippen LogP contribution in [0.5, 0.6) is 0 Å². The first-order valence-corrected chi connectivity index (χ1v) is 8.42. The molecule has 0 aliphatic rings. The Hall–Kier alpha value is -2.59. The Morgan fingerprint density at radius 1 is 1.12 bits per heavy atom. The van der Waals surface area contributed by atoms with Crippen LogP contribution in [0.3, 0.4) is 0 Å². The van der Waals surface area contributed by atoms with Crippen molar-refractivity contribution in [1.29, 1.82) is 0 Å². The van der Waals surface area contributed by atoms with Crippen molar-refractivity contribution in [3.8, 4) is 5.69 Å². The summed E-state index contributed by atoms with van der Waals surface area (Å²) in [4.78, 5) is 11.7. The number of carbonyl (C=O) groups is 1. The number of hydrogen-bond acceptors (Lipinski definition) is 2. The fourth-order valence-electron chi connectivity index (χ4n) is 2.84. The van der Waals surface area contributed by atoms with E-state index in [0.717, 1.165) is 22.6 Å². The number of carboxylic acid groups (broad SMARTS) is 1. The monoisotopic (exact) mass is 354 g/mol. The predicted molar refractivity (Wildman–Crippen MR) is 98.6 cm³/mol. The SMILES string of the molecule is Cc1ccc(-n2nc(CC(C(=O)O)c3ccc(Cl)cc3)cc2C)cc1. The van der Waals surface area contributed by atoms with Gasteiger partial charge in [-0.05, 0) is 49.7 Å². The third-order valence-electron chi connectivity index (χ3n) is 4.20. The summed E-state index contributed by atoms with van der Waals surface area (Å²) in [5, 5.41) is 14.8. The number of nitrogens with zero attached hydrogens (tertiary/aromatic N) is 2. The van der Waals surface area contributed by atoms with Crippen molar-refractivity contribution >= 4 is 17.6 Å². The van der Waals surface area contributed by atoms with E-state index in [1.54, 1.807) is 24.3 Å². The second-order valence-corrected chi connectivity index (χ2v) is 6.61. The molecule has 0 aliphatic carbocycles. The molecule has 0 saturated carbocycles. The van der Waals surface area contributed by atoms with Gasteiger partial charge >= 0.3 is 5.97 Å². The second kappa shape index (κ2) is 7.11. The summed E-state index contributed by atoms with van der Waals surface area (Å²) in [6.07, 6.45) is 0.330. The smallest absolute Gasteiger partial charge is 0.311 e. The van der Waals surface area contributed by atoms with Crippen molar-refractivity contribution < 1.29 is 9.90 Å². The zero-order valence-corrected chi connectivity index (χ0v) is 14.9. The number of rotatable bonds is 5. The minimum absolute atomic E-state index is 0.330. The van der Waals surface area contributed by atoms with Gasteiger partial charge < -0.3 is 5.11 Å². The molecule has 3 rings (SSSR count). The maximum absolute atomic E-state index is 11.7. The molecule has 0 fully saturated rings. The zero-order chi connectivity index (χ0) is 18.0. The molecule has 1 atom stereocenters. The van der Waals surface area contributed by atoms with Crippen LogP contribution in [0.15, 0.2) is 54.6 Å². The van der Waals surface area contributed by atoms with Gasteiger partial charge in [0, 0.05) is 17.1 Å². The molecule has 1 unspecified atom stereocenters. The molecule has 1 heterocycles. The lowest BCUT2D eigenvalue weighted by Crippen LogP contribution is -2.15. The Labute approximate surface area is 151 Å². The molecule has 0 bridgehead atoms. The molecule has 25 heavy (non-hydrogen) atoms. The van der Waals surface area contributed by atoms with Crippen LogP contribution in [-0.2, 0) is 11.2 Å². The van der Waals surface area contributed by atoms with Crippen LogP contribution >= 0.6 is 11.6 Å². The molecule has 0 spiro atoms. The van der Waals surface area contributed by atoms with Gasteiger partial charge in [-0.3, -0.25) is 4.79 Å². The molecule has 0 radical (unpaired) electrons. The van der Waals surface area contributed by atoms with E-state index >= 15 is 0 Å². The molecule has 0 amide bonds. The second-order valence-electron chi connectivity index (χ2n) is 6.17. The van der Waals surface area contributed by atoms with E-state index in [-0.39, 0.29) is 0 Å². The number of carboxylic acids is 1. The van der Waals surface area contributed by atoms with Gasteiger partial charge in [0.05, 0.1) is 17.3 Å². The average Bonchev–Trinajstić information content (AvgIpc) is 2.95. The van der Waals surface area contributed by atoms with Crippen molar-refractivity contribution in [1.82, 2.24) is 9.78 Å². The van der Waals surface area contributed by atoms with Gasteiger partial charge in [-0.25, -0.2) is 4.68 Å². The fourth-order valence-corrected chi connectivity index (χ4v) is 2.96. The Morgan fingerprint density at radius 3 is 2.36 bits per heavy atom. The van der Waals surface area contributed by atoms with Crippen molar-refractivity contribution in [2.75, 3.05) is 0 Å². The largest absolute Gasteiger partial charge is 0.481 e. The van der Waals surface area contributed by atoms with Gasteiger partial charge in [-0.15, -0.1) is 0 Å². The van der Waals surface area contributed by atoms with E-state index < -0.39 is 11.9 Å². The first kappa shape index (κ1) is 17.2. The molecule has 3 aromatic rings. The molecular formula is C20H19ClN2O2. The van der Waals surface area contributed by atoms with E-state index in [2.05, 4.69) is 5.10 Å². The van der Waals surface area contributed by atoms with Crippen molar-refractivity contribution in [2.45, 2.75) is 26.2 Å². The van der Waals surface area contributed by atoms with Crippen LogP contribution in [0.25, 0.3) is 5.69 Å². The summed E-state index contributed by atoms with van der Waals surface area (Å²) in [6, 6.07) is 16.9. The van der Waals surface area contributed by atoms with Gasteiger partial charge in [-0.1, -0.05) is 41.4 Å². The molecule has 128 valence electrons. The summed E-state index contributed by atoms with van der Waals surface area (Å²) >= 11 is 5.90. The Morgan fingerprint density at radius 2 is 1.76 bits per heavy atom. The third-order valence-corrected chi connectivity index (χ3v) is 4.45. The van der Waals surface area contributed by atoms with Crippen molar-refractivity contribution in [3.63, 3.8) is 0 Å². The maximum atomic E-state index is 11.7. The molecule has 0 aliphatic heterocycles. The Balaban J connectivity index is 1.88. The quantitative estimate of drug-likeness (QED) is 0.731. The number of aliphatic carboxylic acids is 1. The highest BCUT2D eigenvalue weighted by atomic mass is 35.5. The average molecular weight is 355 g/mol. The lowest BCUT2D eigenvalue weighted by Gasteiger charge is -2.11. The van der Waals surface area contributed by atoms with Gasteiger partial charge in [0.15, 0.2) is 0 Å². The van der Waals surface area contributed by atoms with E-state index in [0.29, 0.717) is 11.4 Å². The minimum atomic E-state index is -0.870. The van der Waals surface area contributed by atoms with Gasteiger partial charge in [0.1, 0.15) is 0 Å². The topological polar surface area (TPSA) is 55.1 Å². The summed E-state index contributed by atoms with van der Waals surface area (Å²) in [6.45, 7) is 4.00. The highest BCUT2D eigenvalue weighted by molar-refractivity contribution is 6.30. The molecule has 4 nitrogen and oxygen atoms in total. The van der Waals surface area contributed by atoms with Crippen LogP contribution in [0.4, 0.5) is 0 Å². The molecule has 1 N–H and O–H groups in total. The zero-order valence-electron chi connectivity index (χ0n) is 14.1. The minimum Gasteiger partial charge on any atom is -0.481 e. The summed E-state index contributed by atoms with van der Waals surface area (Å²) < 4.78 is 1.84. The van der Waals surface area contributed by atoms with Gasteiger partial charge in [-0.2, -0.15) is 5.10 Å². The molecule has 5 heteroatoms. The number of aromatic nitrogens is 2. The lowest BCUT2D eigenvalue weighted by atomic mass is 9.94. The van der Waals surface area contributed by atoms with Crippen LogP contribution < -0.4 is 0 Å². The summed E-state index contributed by atoms with van der Waals surface area (Å²) in [7, 11) is 0. The maximum Gasteiger partial charge on any atom is 0.311 e. The molecular weight excluding hydrogens is 336 g/mol. The predicted octanol–water partition coefficient (Wildman–Crippen LogP) is 4.55. The molecule has 2 aromatic carbocycles. The first-order chi connectivity index (χ1) is 11.9. The first-order valence-electron chi connectivity index (χ1n) is 8.05. The number of benzene rings is 2. The van der Waals surface area contributed by atoms with Crippen molar-refractivity contribution in [2.24, 2.45) is 0 Å². The summed E-state index contributed by atoms with van der Waals surface area (Å²) in [5.74, 6) is -1.53.